The zero-order valence-electron chi connectivity index (χ0n) is 27.1. The fourth-order valence-corrected chi connectivity index (χ4v) is 8.20. The lowest BCUT2D eigenvalue weighted by atomic mass is 9.81. The van der Waals surface area contributed by atoms with Crippen molar-refractivity contribution in [3.8, 4) is 17.0 Å². The third-order valence-electron chi connectivity index (χ3n) is 10.5. The molecule has 7 nitrogen and oxygen atoms in total. The van der Waals surface area contributed by atoms with E-state index in [0.717, 1.165) is 62.7 Å². The molecule has 0 spiro atoms. The lowest BCUT2D eigenvalue weighted by molar-refractivity contribution is 0.0697. The molecule has 1 aliphatic carbocycles. The molecule has 1 saturated carbocycles. The number of aromatic carboxylic acids is 1. The van der Waals surface area contributed by atoms with E-state index in [1.54, 1.807) is 6.07 Å². The number of ether oxygens (including phenoxy) is 2. The minimum absolute atomic E-state index is 0.352. The van der Waals surface area contributed by atoms with Gasteiger partial charge in [0, 0.05) is 68.1 Å². The van der Waals surface area contributed by atoms with Crippen LogP contribution in [0.25, 0.3) is 22.2 Å². The van der Waals surface area contributed by atoms with E-state index in [1.165, 1.54) is 72.8 Å². The van der Waals surface area contributed by atoms with E-state index in [4.69, 9.17) is 9.47 Å². The van der Waals surface area contributed by atoms with Gasteiger partial charge in [-0.3, -0.25) is 0 Å². The Balaban J connectivity index is 1.29. The first-order valence-corrected chi connectivity index (χ1v) is 17.3. The normalized spacial score (nSPS) is 19.1. The number of methoxy groups -OCH3 is 1. The van der Waals surface area contributed by atoms with Crippen molar-refractivity contribution >= 4 is 22.6 Å². The van der Waals surface area contributed by atoms with Crippen LogP contribution in [0.5, 0.6) is 5.75 Å². The number of hydrogen-bond acceptors (Lipinski definition) is 5. The molecule has 3 aliphatic rings. The van der Waals surface area contributed by atoms with Crippen molar-refractivity contribution in [3.63, 3.8) is 0 Å². The van der Waals surface area contributed by atoms with E-state index in [9.17, 15) is 9.90 Å². The molecule has 2 aliphatic heterocycles. The maximum Gasteiger partial charge on any atom is 0.335 e. The van der Waals surface area contributed by atoms with Crippen molar-refractivity contribution in [1.29, 1.82) is 0 Å². The number of aromatic nitrogens is 1. The highest BCUT2D eigenvalue weighted by molar-refractivity contribution is 5.99. The van der Waals surface area contributed by atoms with Crippen LogP contribution in [0.3, 0.4) is 0 Å². The highest BCUT2D eigenvalue weighted by Crippen LogP contribution is 2.48. The Kier molecular flexibility index (Phi) is 9.31. The van der Waals surface area contributed by atoms with Crippen LogP contribution in [0.15, 0.2) is 66.7 Å². The molecule has 3 heterocycles. The third kappa shape index (κ3) is 6.40. The molecule has 7 rings (SSSR count). The minimum Gasteiger partial charge on any atom is -0.489 e. The average Bonchev–Trinajstić information content (AvgIpc) is 3.32. The number of hydrogen-bond donors (Lipinski definition) is 1. The van der Waals surface area contributed by atoms with Crippen molar-refractivity contribution in [2.45, 2.75) is 64.0 Å². The van der Waals surface area contributed by atoms with Gasteiger partial charge in [0.15, 0.2) is 0 Å². The first-order valence-electron chi connectivity index (χ1n) is 17.3. The summed E-state index contributed by atoms with van der Waals surface area (Å²) in [4.78, 5) is 17.3. The van der Waals surface area contributed by atoms with Crippen LogP contribution in [-0.2, 0) is 17.9 Å². The van der Waals surface area contributed by atoms with Gasteiger partial charge in [-0.1, -0.05) is 55.7 Å². The molecule has 4 aromatic rings. The fraction of sp³-hybridized carbons (Fsp3) is 0.462. The predicted molar refractivity (Wildman–Crippen MR) is 184 cm³/mol. The average molecular weight is 622 g/mol. The number of nitrogens with zero attached hydrogens (tertiary/aromatic N) is 3. The summed E-state index contributed by atoms with van der Waals surface area (Å²) in [5.74, 6) is 1.08. The number of fused-ring (bicyclic) bond motifs is 5. The van der Waals surface area contributed by atoms with Gasteiger partial charge in [0.05, 0.1) is 17.9 Å². The summed E-state index contributed by atoms with van der Waals surface area (Å²) in [5.41, 5.74) is 7.68. The second-order valence-corrected chi connectivity index (χ2v) is 13.5. The van der Waals surface area contributed by atoms with Gasteiger partial charge in [-0.05, 0) is 79.5 Å². The topological polar surface area (TPSA) is 67.2 Å². The molecule has 1 aromatic heterocycles. The van der Waals surface area contributed by atoms with Gasteiger partial charge in [-0.2, -0.15) is 0 Å². The van der Waals surface area contributed by atoms with Crippen LogP contribution in [0.1, 0.15) is 72.3 Å². The molecule has 1 unspecified atom stereocenters. The maximum atomic E-state index is 12.1. The van der Waals surface area contributed by atoms with E-state index < -0.39 is 5.97 Å². The molecule has 3 aromatic carbocycles. The molecule has 1 N–H and O–H groups in total. The number of carbonyl (C=O) groups is 1. The van der Waals surface area contributed by atoms with E-state index in [-0.39, 0.29) is 0 Å². The summed E-state index contributed by atoms with van der Waals surface area (Å²) in [7, 11) is 1.81. The summed E-state index contributed by atoms with van der Waals surface area (Å²) in [6.07, 6.45) is 8.61. The van der Waals surface area contributed by atoms with Crippen molar-refractivity contribution < 1.29 is 19.4 Å². The first kappa shape index (κ1) is 30.8. The predicted octanol–water partition coefficient (Wildman–Crippen LogP) is 7.81. The zero-order valence-corrected chi connectivity index (χ0v) is 27.1. The quantitative estimate of drug-likeness (QED) is 0.195. The Morgan fingerprint density at radius 1 is 0.891 bits per heavy atom. The van der Waals surface area contributed by atoms with Crippen molar-refractivity contribution in [2.75, 3.05) is 51.3 Å². The summed E-state index contributed by atoms with van der Waals surface area (Å²) < 4.78 is 14.3. The van der Waals surface area contributed by atoms with Gasteiger partial charge in [-0.15, -0.1) is 0 Å². The first-order chi connectivity index (χ1) is 22.6. The summed E-state index contributed by atoms with van der Waals surface area (Å²) in [6, 6.07) is 22.8. The van der Waals surface area contributed by atoms with Crippen LogP contribution in [-0.4, -0.2) is 67.0 Å². The number of benzene rings is 3. The number of piperidine rings is 1. The standard InChI is InChI=1S/C39H47N3O4/c1-45-26-29-11-8-18-40(25-29)19-20-41-21-22-42-36-23-31(39(43)44)14-16-33(36)37(30-12-6-3-7-13-30)38(42)34-17-15-32(24-35(34)41)46-27-28-9-4-2-5-10-28/h2,4-5,9-10,14-17,23-24,29-30H,3,6-8,11-13,18-22,25-27H2,1H3,(H,43,44). The Labute approximate surface area is 272 Å². The second-order valence-electron chi connectivity index (χ2n) is 13.5. The Bertz CT molecular complexity index is 1660. The number of anilines is 1. The largest absolute Gasteiger partial charge is 0.489 e. The molecule has 0 radical (unpaired) electrons. The Morgan fingerprint density at radius 2 is 1.74 bits per heavy atom. The third-order valence-corrected chi connectivity index (χ3v) is 10.5. The Morgan fingerprint density at radius 3 is 2.54 bits per heavy atom. The molecule has 2 fully saturated rings. The van der Waals surface area contributed by atoms with Gasteiger partial charge in [0.1, 0.15) is 12.4 Å². The molecule has 7 heteroatoms. The summed E-state index contributed by atoms with van der Waals surface area (Å²) in [6.45, 7) is 7.17. The molecule has 242 valence electrons. The van der Waals surface area contributed by atoms with Crippen LogP contribution in [0, 0.1) is 5.92 Å². The molecule has 0 amide bonds. The van der Waals surface area contributed by atoms with Crippen molar-refractivity contribution in [3.05, 3.63) is 83.4 Å². The smallest absolute Gasteiger partial charge is 0.335 e. The van der Waals surface area contributed by atoms with E-state index in [2.05, 4.69) is 62.9 Å². The SMILES string of the molecule is COCC1CCCN(CCN2CCn3c(c(C4CCCCC4)c4ccc(C(=O)O)cc43)-c3ccc(OCc4ccccc4)cc32)C1. The lowest BCUT2D eigenvalue weighted by Gasteiger charge is -2.34. The summed E-state index contributed by atoms with van der Waals surface area (Å²) in [5, 5.41) is 11.1. The maximum absolute atomic E-state index is 12.1. The van der Waals surface area contributed by atoms with Gasteiger partial charge in [-0.25, -0.2) is 4.79 Å². The van der Waals surface area contributed by atoms with Gasteiger partial charge in [0.2, 0.25) is 0 Å². The van der Waals surface area contributed by atoms with Crippen LogP contribution >= 0.6 is 0 Å². The molecule has 1 atom stereocenters. The van der Waals surface area contributed by atoms with Gasteiger partial charge in [0.25, 0.3) is 0 Å². The fourth-order valence-electron chi connectivity index (χ4n) is 8.20. The zero-order chi connectivity index (χ0) is 31.5. The second kappa shape index (κ2) is 13.9. The monoisotopic (exact) mass is 621 g/mol. The number of carboxylic acid groups (broad SMARTS) is 1. The highest BCUT2D eigenvalue weighted by Gasteiger charge is 2.31. The molecular weight excluding hydrogens is 574 g/mol. The number of rotatable bonds is 10. The number of likely N-dealkylation sites (tertiary alicyclic amines) is 1. The lowest BCUT2D eigenvalue weighted by Crippen LogP contribution is -2.42. The highest BCUT2D eigenvalue weighted by atomic mass is 16.5. The van der Waals surface area contributed by atoms with Crippen LogP contribution in [0.4, 0.5) is 5.69 Å². The van der Waals surface area contributed by atoms with Gasteiger partial charge < -0.3 is 28.9 Å². The van der Waals surface area contributed by atoms with E-state index in [0.29, 0.717) is 24.0 Å². The van der Waals surface area contributed by atoms with E-state index >= 15 is 0 Å². The van der Waals surface area contributed by atoms with Crippen LogP contribution < -0.4 is 9.64 Å². The van der Waals surface area contributed by atoms with E-state index in [1.807, 2.05) is 19.2 Å². The molecule has 46 heavy (non-hydrogen) atoms. The summed E-state index contributed by atoms with van der Waals surface area (Å²) >= 11 is 0. The minimum atomic E-state index is -0.874. The van der Waals surface area contributed by atoms with Crippen molar-refractivity contribution in [1.82, 2.24) is 9.47 Å². The van der Waals surface area contributed by atoms with Crippen LogP contribution in [0.2, 0.25) is 0 Å². The molecule has 0 bridgehead atoms. The van der Waals surface area contributed by atoms with Gasteiger partial charge >= 0.3 is 5.97 Å². The Hall–Kier alpha value is -3.81. The van der Waals surface area contributed by atoms with Crippen molar-refractivity contribution in [2.24, 2.45) is 5.92 Å². The molecule has 1 saturated heterocycles. The molecular formula is C39H47N3O4. The number of carboxylic acids is 1.